The second kappa shape index (κ2) is 11.3. The number of nitrogens with zero attached hydrogens (tertiary/aromatic N) is 1. The number of hydrogen-bond acceptors (Lipinski definition) is 3. The number of thiophene rings is 1. The van der Waals surface area contributed by atoms with Crippen LogP contribution in [0.1, 0.15) is 4.88 Å². The highest BCUT2D eigenvalue weighted by atomic mass is 127. The van der Waals surface area contributed by atoms with Crippen molar-refractivity contribution in [2.24, 2.45) is 4.99 Å². The van der Waals surface area contributed by atoms with E-state index in [1.807, 2.05) is 30.3 Å². The van der Waals surface area contributed by atoms with Crippen LogP contribution in [0.4, 0.5) is 0 Å². The molecule has 0 fully saturated rings. The van der Waals surface area contributed by atoms with Crippen LogP contribution in [0, 0.1) is 0 Å². The SMILES string of the molecule is CN=C(NCCOc1ccccc1)NCCc1cccs1.I. The third-order valence-corrected chi connectivity index (χ3v) is 3.81. The summed E-state index contributed by atoms with van der Waals surface area (Å²) in [5, 5.41) is 8.63. The third kappa shape index (κ3) is 7.13. The number of aliphatic imine (C=N–C) groups is 1. The van der Waals surface area contributed by atoms with Crippen molar-refractivity contribution in [1.29, 1.82) is 0 Å². The smallest absolute Gasteiger partial charge is 0.191 e. The molecule has 0 amide bonds. The molecule has 2 N–H and O–H groups in total. The number of nitrogens with one attached hydrogen (secondary N) is 2. The third-order valence-electron chi connectivity index (χ3n) is 2.87. The van der Waals surface area contributed by atoms with Crippen molar-refractivity contribution in [3.63, 3.8) is 0 Å². The van der Waals surface area contributed by atoms with E-state index in [0.29, 0.717) is 13.2 Å². The monoisotopic (exact) mass is 431 g/mol. The summed E-state index contributed by atoms with van der Waals surface area (Å²) in [5.41, 5.74) is 0. The molecule has 2 rings (SSSR count). The molecule has 2 aromatic rings. The lowest BCUT2D eigenvalue weighted by molar-refractivity contribution is 0.322. The molecular weight excluding hydrogens is 409 g/mol. The van der Waals surface area contributed by atoms with Crippen LogP contribution in [-0.4, -0.2) is 32.7 Å². The minimum Gasteiger partial charge on any atom is -0.492 e. The van der Waals surface area contributed by atoms with Crippen LogP contribution in [0.2, 0.25) is 0 Å². The van der Waals surface area contributed by atoms with E-state index in [1.165, 1.54) is 4.88 Å². The Morgan fingerprint density at radius 3 is 2.55 bits per heavy atom. The summed E-state index contributed by atoms with van der Waals surface area (Å²) in [6.07, 6.45) is 1.01. The predicted molar refractivity (Wildman–Crippen MR) is 105 cm³/mol. The number of guanidine groups is 1. The van der Waals surface area contributed by atoms with Crippen LogP contribution in [0.15, 0.2) is 52.8 Å². The molecule has 0 saturated carbocycles. The van der Waals surface area contributed by atoms with Gasteiger partial charge in [-0.15, -0.1) is 35.3 Å². The van der Waals surface area contributed by atoms with Crippen LogP contribution in [0.3, 0.4) is 0 Å². The molecule has 0 atom stereocenters. The van der Waals surface area contributed by atoms with Gasteiger partial charge in [0.2, 0.25) is 0 Å². The van der Waals surface area contributed by atoms with Crippen LogP contribution in [0.5, 0.6) is 5.75 Å². The van der Waals surface area contributed by atoms with E-state index in [4.69, 9.17) is 4.74 Å². The summed E-state index contributed by atoms with van der Waals surface area (Å²) in [5.74, 6) is 1.70. The zero-order valence-corrected chi connectivity index (χ0v) is 15.8. The molecule has 0 spiro atoms. The van der Waals surface area contributed by atoms with Gasteiger partial charge in [-0.05, 0) is 30.0 Å². The van der Waals surface area contributed by atoms with E-state index in [-0.39, 0.29) is 24.0 Å². The number of benzene rings is 1. The average Bonchev–Trinajstić information content (AvgIpc) is 3.04. The molecule has 4 nitrogen and oxygen atoms in total. The molecule has 0 aliphatic heterocycles. The Morgan fingerprint density at radius 1 is 1.09 bits per heavy atom. The van der Waals surface area contributed by atoms with Gasteiger partial charge >= 0.3 is 0 Å². The molecule has 120 valence electrons. The van der Waals surface area contributed by atoms with E-state index >= 15 is 0 Å². The van der Waals surface area contributed by atoms with Crippen molar-refractivity contribution in [3.05, 3.63) is 52.7 Å². The molecule has 0 radical (unpaired) electrons. The van der Waals surface area contributed by atoms with Crippen molar-refractivity contribution in [2.75, 3.05) is 26.7 Å². The Labute approximate surface area is 153 Å². The normalized spacial score (nSPS) is 10.7. The molecule has 22 heavy (non-hydrogen) atoms. The van der Waals surface area contributed by atoms with Crippen LogP contribution in [0.25, 0.3) is 0 Å². The van der Waals surface area contributed by atoms with Gasteiger partial charge in [-0.3, -0.25) is 4.99 Å². The van der Waals surface area contributed by atoms with Gasteiger partial charge in [0.25, 0.3) is 0 Å². The maximum atomic E-state index is 5.62. The fourth-order valence-electron chi connectivity index (χ4n) is 1.83. The Kier molecular flexibility index (Phi) is 9.65. The maximum absolute atomic E-state index is 5.62. The van der Waals surface area contributed by atoms with Crippen LogP contribution in [-0.2, 0) is 6.42 Å². The Balaban J connectivity index is 0.00000242. The summed E-state index contributed by atoms with van der Waals surface area (Å²) in [6, 6.07) is 14.0. The highest BCUT2D eigenvalue weighted by molar-refractivity contribution is 14.0. The minimum atomic E-state index is 0. The first-order valence-corrected chi connectivity index (χ1v) is 7.91. The number of para-hydroxylation sites is 1. The lowest BCUT2D eigenvalue weighted by atomic mass is 10.3. The highest BCUT2D eigenvalue weighted by Gasteiger charge is 1.98. The Bertz CT molecular complexity index is 532. The van der Waals surface area contributed by atoms with Crippen molar-refractivity contribution in [3.8, 4) is 5.75 Å². The molecule has 1 aromatic carbocycles. The number of ether oxygens (including phenoxy) is 1. The van der Waals surface area contributed by atoms with E-state index in [2.05, 4.69) is 33.1 Å². The van der Waals surface area contributed by atoms with Crippen LogP contribution < -0.4 is 15.4 Å². The standard InChI is InChI=1S/C16H21N3OS.HI/c1-17-16(18-10-9-15-8-5-13-21-15)19-11-12-20-14-6-3-2-4-7-14;/h2-8,13H,9-12H2,1H3,(H2,17,18,19);1H. The van der Waals surface area contributed by atoms with Gasteiger partial charge in [0, 0.05) is 18.5 Å². The first-order chi connectivity index (χ1) is 10.4. The second-order valence-corrected chi connectivity index (χ2v) is 5.45. The number of halogens is 1. The quantitative estimate of drug-likeness (QED) is 0.307. The second-order valence-electron chi connectivity index (χ2n) is 4.42. The molecule has 0 bridgehead atoms. The number of hydrogen-bond donors (Lipinski definition) is 2. The molecule has 0 aliphatic carbocycles. The molecule has 1 heterocycles. The zero-order valence-electron chi connectivity index (χ0n) is 12.6. The van der Waals surface area contributed by atoms with Crippen LogP contribution >= 0.6 is 35.3 Å². The summed E-state index contributed by atoms with van der Waals surface area (Å²) in [6.45, 7) is 2.20. The number of rotatable bonds is 7. The minimum absolute atomic E-state index is 0. The van der Waals surface area contributed by atoms with Gasteiger partial charge < -0.3 is 15.4 Å². The van der Waals surface area contributed by atoms with Gasteiger partial charge in [0.05, 0.1) is 6.54 Å². The van der Waals surface area contributed by atoms with Crippen molar-refractivity contribution >= 4 is 41.3 Å². The van der Waals surface area contributed by atoms with Crippen molar-refractivity contribution in [2.45, 2.75) is 6.42 Å². The molecular formula is C16H22IN3OS. The van der Waals surface area contributed by atoms with Crippen molar-refractivity contribution in [1.82, 2.24) is 10.6 Å². The molecule has 0 aliphatic rings. The predicted octanol–water partition coefficient (Wildman–Crippen LogP) is 3.15. The summed E-state index contributed by atoms with van der Waals surface area (Å²) in [4.78, 5) is 5.57. The molecule has 6 heteroatoms. The van der Waals surface area contributed by atoms with Gasteiger partial charge in [-0.2, -0.15) is 0 Å². The zero-order chi connectivity index (χ0) is 14.8. The molecule has 0 unspecified atom stereocenters. The van der Waals surface area contributed by atoms with Gasteiger partial charge in [-0.25, -0.2) is 0 Å². The fraction of sp³-hybridized carbons (Fsp3) is 0.312. The topological polar surface area (TPSA) is 45.7 Å². The Morgan fingerprint density at radius 2 is 1.86 bits per heavy atom. The fourth-order valence-corrected chi connectivity index (χ4v) is 2.54. The van der Waals surface area contributed by atoms with Gasteiger partial charge in [-0.1, -0.05) is 24.3 Å². The Hall–Kier alpha value is -1.28. The van der Waals surface area contributed by atoms with E-state index in [1.54, 1.807) is 18.4 Å². The summed E-state index contributed by atoms with van der Waals surface area (Å²) >= 11 is 1.78. The molecule has 1 aromatic heterocycles. The lowest BCUT2D eigenvalue weighted by Gasteiger charge is -2.12. The van der Waals surface area contributed by atoms with E-state index < -0.39 is 0 Å². The highest BCUT2D eigenvalue weighted by Crippen LogP contribution is 2.08. The first kappa shape index (κ1) is 18.8. The largest absolute Gasteiger partial charge is 0.492 e. The maximum Gasteiger partial charge on any atom is 0.191 e. The van der Waals surface area contributed by atoms with Crippen molar-refractivity contribution < 1.29 is 4.74 Å². The summed E-state index contributed by atoms with van der Waals surface area (Å²) < 4.78 is 5.62. The first-order valence-electron chi connectivity index (χ1n) is 7.03. The van der Waals surface area contributed by atoms with Gasteiger partial charge in [0.1, 0.15) is 12.4 Å². The van der Waals surface area contributed by atoms with E-state index in [0.717, 1.165) is 24.7 Å². The molecule has 0 saturated heterocycles. The van der Waals surface area contributed by atoms with Gasteiger partial charge in [0.15, 0.2) is 5.96 Å². The summed E-state index contributed by atoms with van der Waals surface area (Å²) in [7, 11) is 1.78. The average molecular weight is 431 g/mol. The lowest BCUT2D eigenvalue weighted by Crippen LogP contribution is -2.40. The van der Waals surface area contributed by atoms with E-state index in [9.17, 15) is 0 Å².